The first-order valence-electron chi connectivity index (χ1n) is 7.72. The van der Waals surface area contributed by atoms with Gasteiger partial charge in [-0.1, -0.05) is 18.2 Å². The maximum absolute atomic E-state index is 14.4. The van der Waals surface area contributed by atoms with Gasteiger partial charge in [-0.15, -0.1) is 0 Å². The van der Waals surface area contributed by atoms with Crippen LogP contribution in [0, 0.1) is 39.3 Å². The van der Waals surface area contributed by atoms with Crippen LogP contribution in [0.4, 0.5) is 4.39 Å². The van der Waals surface area contributed by atoms with Crippen molar-refractivity contribution in [3.05, 3.63) is 35.6 Å². The summed E-state index contributed by atoms with van der Waals surface area (Å²) in [5.74, 6) is -3.08. The van der Waals surface area contributed by atoms with Crippen LogP contribution in [0.25, 0.3) is 0 Å². The monoisotopic (exact) mass is 328 g/mol. The second-order valence-electron chi connectivity index (χ2n) is 5.74. The third-order valence-electron chi connectivity index (χ3n) is 4.82. The van der Waals surface area contributed by atoms with Gasteiger partial charge in [-0.25, -0.2) is 9.38 Å². The summed E-state index contributed by atoms with van der Waals surface area (Å²) in [5.41, 5.74) is 3.29. The highest BCUT2D eigenvalue weighted by Crippen LogP contribution is 2.82. The van der Waals surface area contributed by atoms with E-state index >= 15 is 0 Å². The first kappa shape index (κ1) is 16.4. The Morgan fingerprint density at radius 1 is 1.21 bits per heavy atom. The van der Waals surface area contributed by atoms with Crippen molar-refractivity contribution in [1.29, 1.82) is 10.5 Å². The van der Waals surface area contributed by atoms with Crippen molar-refractivity contribution in [3.8, 4) is 12.1 Å². The van der Waals surface area contributed by atoms with Gasteiger partial charge >= 0.3 is 0 Å². The Morgan fingerprint density at radius 2 is 1.83 bits per heavy atom. The molecule has 1 fully saturated rings. The van der Waals surface area contributed by atoms with Crippen molar-refractivity contribution >= 4 is 5.84 Å². The number of nitriles is 2. The van der Waals surface area contributed by atoms with Gasteiger partial charge in [-0.3, -0.25) is 0 Å². The fourth-order valence-electron chi connectivity index (χ4n) is 3.93. The predicted octanol–water partition coefficient (Wildman–Crippen LogP) is 2.04. The van der Waals surface area contributed by atoms with Gasteiger partial charge in [0.25, 0.3) is 5.91 Å². The molecule has 0 radical (unpaired) electrons. The molecule has 1 heterocycles. The van der Waals surface area contributed by atoms with Crippen LogP contribution in [-0.4, -0.2) is 25.0 Å². The van der Waals surface area contributed by atoms with Gasteiger partial charge in [-0.05, 0) is 25.5 Å². The Balaban J connectivity index is 2.25. The van der Waals surface area contributed by atoms with Crippen molar-refractivity contribution in [2.45, 2.75) is 25.7 Å². The Bertz CT molecular complexity index is 791. The molecule has 0 saturated heterocycles. The Kier molecular flexibility index (Phi) is 3.60. The van der Waals surface area contributed by atoms with Gasteiger partial charge in [0.2, 0.25) is 0 Å². The lowest BCUT2D eigenvalue weighted by atomic mass is 9.93. The van der Waals surface area contributed by atoms with Crippen LogP contribution >= 0.6 is 0 Å². The molecule has 2 aliphatic rings. The molecular formula is C17H17FN4O2. The maximum Gasteiger partial charge on any atom is 0.293 e. The average Bonchev–Trinajstić information content (AvgIpc) is 3.14. The van der Waals surface area contributed by atoms with Crippen LogP contribution in [-0.2, 0) is 9.47 Å². The van der Waals surface area contributed by atoms with Crippen molar-refractivity contribution in [2.75, 3.05) is 13.2 Å². The van der Waals surface area contributed by atoms with E-state index in [9.17, 15) is 14.9 Å². The first-order chi connectivity index (χ1) is 11.5. The van der Waals surface area contributed by atoms with Crippen molar-refractivity contribution in [3.63, 3.8) is 0 Å². The molecule has 24 heavy (non-hydrogen) atoms. The molecule has 2 N–H and O–H groups in total. The fraction of sp³-hybridized carbons (Fsp3) is 0.471. The number of nitrogens with two attached hydrogens (primary N) is 1. The summed E-state index contributed by atoms with van der Waals surface area (Å²) < 4.78 is 25.7. The summed E-state index contributed by atoms with van der Waals surface area (Å²) in [4.78, 5) is 4.20. The summed E-state index contributed by atoms with van der Waals surface area (Å²) >= 11 is 0. The Labute approximate surface area is 139 Å². The van der Waals surface area contributed by atoms with E-state index in [4.69, 9.17) is 15.2 Å². The highest BCUT2D eigenvalue weighted by atomic mass is 19.1. The zero-order valence-electron chi connectivity index (χ0n) is 13.4. The van der Waals surface area contributed by atoms with Gasteiger partial charge in [0.05, 0.1) is 12.1 Å². The molecule has 7 heteroatoms. The average molecular weight is 328 g/mol. The number of hydrogen-bond donors (Lipinski definition) is 1. The third-order valence-corrected chi connectivity index (χ3v) is 4.82. The lowest BCUT2D eigenvalue weighted by molar-refractivity contribution is -0.255. The molecule has 1 aliphatic carbocycles. The van der Waals surface area contributed by atoms with E-state index in [1.54, 1.807) is 32.0 Å². The topological polar surface area (TPSA) is 104 Å². The molecule has 0 bridgehead atoms. The summed E-state index contributed by atoms with van der Waals surface area (Å²) in [7, 11) is 0. The molecule has 0 amide bonds. The largest absolute Gasteiger partial charge is 0.386 e. The lowest BCUT2D eigenvalue weighted by Crippen LogP contribution is -2.43. The Hall–Kier alpha value is -2.48. The summed E-state index contributed by atoms with van der Waals surface area (Å²) in [6.45, 7) is 3.85. The minimum absolute atomic E-state index is 0.0540. The van der Waals surface area contributed by atoms with E-state index in [2.05, 4.69) is 17.1 Å². The number of fused-ring (bicyclic) bond motifs is 1. The standard InChI is InChI=1S/C17H17FN4O2/c1-3-23-17(24-4-2)16(10-20)13(11-7-5-6-8-12(11)18)15(16,9-19)14(21)22-17/h5-8,13H,3-4H2,1-2H3,(H2,21,22). The van der Waals surface area contributed by atoms with E-state index in [1.807, 2.05) is 0 Å². The molecule has 3 rings (SSSR count). The van der Waals surface area contributed by atoms with Crippen LogP contribution in [0.1, 0.15) is 25.3 Å². The number of rotatable bonds is 5. The predicted molar refractivity (Wildman–Crippen MR) is 82.8 cm³/mol. The molecule has 1 aliphatic heterocycles. The van der Waals surface area contributed by atoms with Gasteiger partial charge in [-0.2, -0.15) is 10.5 Å². The van der Waals surface area contributed by atoms with Crippen LogP contribution in [0.3, 0.4) is 0 Å². The smallest absolute Gasteiger partial charge is 0.293 e. The third kappa shape index (κ3) is 1.56. The molecule has 1 aromatic rings. The van der Waals surface area contributed by atoms with Gasteiger partial charge in [0, 0.05) is 19.1 Å². The van der Waals surface area contributed by atoms with Gasteiger partial charge < -0.3 is 15.2 Å². The fourth-order valence-corrected chi connectivity index (χ4v) is 3.93. The second kappa shape index (κ2) is 5.27. The van der Waals surface area contributed by atoms with Crippen LogP contribution in [0.2, 0.25) is 0 Å². The number of benzene rings is 1. The van der Waals surface area contributed by atoms with E-state index in [1.165, 1.54) is 6.07 Å². The van der Waals surface area contributed by atoms with Crippen LogP contribution < -0.4 is 5.73 Å². The number of hydrogen-bond acceptors (Lipinski definition) is 6. The summed E-state index contributed by atoms with van der Waals surface area (Å²) in [6, 6.07) is 10.3. The van der Waals surface area contributed by atoms with Crippen LogP contribution in [0.5, 0.6) is 0 Å². The lowest BCUT2D eigenvalue weighted by Gasteiger charge is -2.31. The molecule has 1 aromatic carbocycles. The number of aliphatic imine (C=N–C) groups is 1. The minimum atomic E-state index is -1.71. The van der Waals surface area contributed by atoms with Crippen molar-refractivity contribution in [1.82, 2.24) is 0 Å². The number of nitrogens with zero attached hydrogens (tertiary/aromatic N) is 3. The van der Waals surface area contributed by atoms with Crippen molar-refractivity contribution < 1.29 is 13.9 Å². The van der Waals surface area contributed by atoms with Gasteiger partial charge in [0.15, 0.2) is 5.41 Å². The van der Waals surface area contributed by atoms with E-state index in [0.717, 1.165) is 0 Å². The molecule has 0 spiro atoms. The molecule has 6 nitrogen and oxygen atoms in total. The highest BCUT2D eigenvalue weighted by molar-refractivity contribution is 6.00. The molecule has 3 atom stereocenters. The molecule has 3 unspecified atom stereocenters. The zero-order chi connectivity index (χ0) is 17.6. The van der Waals surface area contributed by atoms with E-state index in [0.29, 0.717) is 0 Å². The minimum Gasteiger partial charge on any atom is -0.386 e. The number of halogens is 1. The summed E-state index contributed by atoms with van der Waals surface area (Å²) in [6.07, 6.45) is 0. The molecule has 1 saturated carbocycles. The Morgan fingerprint density at radius 3 is 2.33 bits per heavy atom. The van der Waals surface area contributed by atoms with E-state index < -0.39 is 28.5 Å². The summed E-state index contributed by atoms with van der Waals surface area (Å²) in [5, 5.41) is 19.8. The highest BCUT2D eigenvalue weighted by Gasteiger charge is 2.94. The first-order valence-corrected chi connectivity index (χ1v) is 7.72. The van der Waals surface area contributed by atoms with E-state index in [-0.39, 0.29) is 24.6 Å². The van der Waals surface area contributed by atoms with Gasteiger partial charge in [0.1, 0.15) is 17.1 Å². The number of amidine groups is 1. The quantitative estimate of drug-likeness (QED) is 0.833. The normalized spacial score (nSPS) is 32.4. The molecule has 124 valence electrons. The number of ether oxygens (including phenoxy) is 2. The SMILES string of the molecule is CCOC1(OCC)N=C(N)C2(C#N)C(c3ccccc3F)C12C#N. The van der Waals surface area contributed by atoms with Crippen LogP contribution in [0.15, 0.2) is 29.3 Å². The maximum atomic E-state index is 14.4. The molecular weight excluding hydrogens is 311 g/mol. The second-order valence-corrected chi connectivity index (χ2v) is 5.74. The molecule has 0 aromatic heterocycles. The van der Waals surface area contributed by atoms with Crippen molar-refractivity contribution in [2.24, 2.45) is 21.6 Å². The zero-order valence-corrected chi connectivity index (χ0v) is 13.4.